The Kier molecular flexibility index (Phi) is 8.16. The topological polar surface area (TPSA) is 93.4 Å². The van der Waals surface area contributed by atoms with Gasteiger partial charge in [-0.25, -0.2) is 0 Å². The number of hydrogen-bond acceptors (Lipinski definition) is 5. The van der Waals surface area contributed by atoms with Crippen molar-refractivity contribution in [3.63, 3.8) is 0 Å². The van der Waals surface area contributed by atoms with Gasteiger partial charge in [0.15, 0.2) is 5.78 Å². The molecule has 1 atom stereocenters. The maximum atomic E-state index is 12.7. The van der Waals surface area contributed by atoms with Gasteiger partial charge in [-0.2, -0.15) is 0 Å². The fourth-order valence-electron chi connectivity index (χ4n) is 4.17. The summed E-state index contributed by atoms with van der Waals surface area (Å²) in [6, 6.07) is -0.702. The van der Waals surface area contributed by atoms with Crippen LogP contribution < -0.4 is 0 Å². The van der Waals surface area contributed by atoms with Crippen molar-refractivity contribution in [1.29, 1.82) is 0 Å². The average molecular weight is 463 g/mol. The van der Waals surface area contributed by atoms with E-state index in [1.807, 2.05) is 6.08 Å². The summed E-state index contributed by atoms with van der Waals surface area (Å²) in [6.07, 6.45) is 17.9. The first-order valence-electron chi connectivity index (χ1n) is 11.6. The number of hydrazone groups is 1. The Hall–Kier alpha value is -3.54. The van der Waals surface area contributed by atoms with Gasteiger partial charge in [0.05, 0.1) is 12.1 Å². The number of carbonyl (C=O) groups is 1. The highest BCUT2D eigenvalue weighted by molar-refractivity contribution is 6.18. The van der Waals surface area contributed by atoms with Gasteiger partial charge in [-0.3, -0.25) is 9.80 Å². The number of allylic oxidation sites excluding steroid dienone is 9. The first kappa shape index (κ1) is 25.1. The lowest BCUT2D eigenvalue weighted by atomic mass is 9.86. The van der Waals surface area contributed by atoms with Crippen LogP contribution in [0.25, 0.3) is 0 Å². The quantitative estimate of drug-likeness (QED) is 0.372. The van der Waals surface area contributed by atoms with Crippen molar-refractivity contribution in [2.24, 2.45) is 5.10 Å². The van der Waals surface area contributed by atoms with Crippen LogP contribution in [-0.2, 0) is 4.79 Å². The minimum atomic E-state index is -0.702. The molecule has 0 aromatic carbocycles. The Labute approximate surface area is 201 Å². The molecule has 0 saturated heterocycles. The second-order valence-electron chi connectivity index (χ2n) is 9.18. The number of ketones is 1. The molecule has 0 fully saturated rings. The molecule has 0 spiro atoms. The van der Waals surface area contributed by atoms with E-state index in [4.69, 9.17) is 0 Å². The van der Waals surface area contributed by atoms with Gasteiger partial charge in [0.1, 0.15) is 17.6 Å². The minimum absolute atomic E-state index is 0.0374. The van der Waals surface area contributed by atoms with Gasteiger partial charge in [0, 0.05) is 11.6 Å². The van der Waals surface area contributed by atoms with Gasteiger partial charge >= 0.3 is 0 Å². The van der Waals surface area contributed by atoms with Crippen molar-refractivity contribution in [1.82, 2.24) is 5.01 Å². The van der Waals surface area contributed by atoms with Gasteiger partial charge in [0.25, 0.3) is 0 Å². The second-order valence-corrected chi connectivity index (χ2v) is 9.18. The molecule has 0 aromatic heterocycles. The molecule has 1 aliphatic heterocycles. The molecule has 0 amide bonds. The van der Waals surface area contributed by atoms with E-state index in [0.717, 1.165) is 31.8 Å². The van der Waals surface area contributed by atoms with E-state index in [-0.39, 0.29) is 28.6 Å². The predicted octanol–water partition coefficient (Wildman–Crippen LogP) is 6.22. The van der Waals surface area contributed by atoms with Gasteiger partial charge in [-0.1, -0.05) is 47.1 Å². The molecule has 0 saturated carbocycles. The van der Waals surface area contributed by atoms with Crippen molar-refractivity contribution in [3.05, 3.63) is 93.6 Å². The van der Waals surface area contributed by atoms with Crippen LogP contribution in [0.1, 0.15) is 53.4 Å². The van der Waals surface area contributed by atoms with E-state index >= 15 is 0 Å². The summed E-state index contributed by atoms with van der Waals surface area (Å²) in [7, 11) is 0. The Bertz CT molecular complexity index is 1120. The zero-order valence-corrected chi connectivity index (χ0v) is 20.4. The molecule has 2 aliphatic carbocycles. The fraction of sp³-hybridized carbons (Fsp3) is 0.357. The van der Waals surface area contributed by atoms with Crippen LogP contribution in [0.3, 0.4) is 0 Å². The van der Waals surface area contributed by atoms with Crippen molar-refractivity contribution in [2.45, 2.75) is 59.4 Å². The largest absolute Gasteiger partial charge is 0.510 e. The number of nitrogens with zero attached hydrogens (tertiary/aromatic N) is 2. The predicted molar refractivity (Wildman–Crippen MR) is 137 cm³/mol. The lowest BCUT2D eigenvalue weighted by Gasteiger charge is -2.30. The Morgan fingerprint density at radius 3 is 2.38 bits per heavy atom. The number of carbonyl (C=O) groups excluding carboxylic acids is 1. The number of fused-ring (bicyclic) bond motifs is 2. The highest BCUT2D eigenvalue weighted by Gasteiger charge is 2.36. The Balaban J connectivity index is 1.76. The zero-order chi connectivity index (χ0) is 24.8. The summed E-state index contributed by atoms with van der Waals surface area (Å²) in [5, 5.41) is 37.0. The normalized spacial score (nSPS) is 20.6. The Morgan fingerprint density at radius 1 is 1.00 bits per heavy atom. The first-order chi connectivity index (χ1) is 16.2. The van der Waals surface area contributed by atoms with Gasteiger partial charge in [0.2, 0.25) is 5.90 Å². The second kappa shape index (κ2) is 11.1. The molecule has 3 N–H and O–H groups in total. The number of aliphatic hydroxyl groups excluding tert-OH is 3. The third kappa shape index (κ3) is 6.07. The lowest BCUT2D eigenvalue weighted by Crippen LogP contribution is -2.35. The number of aliphatic hydroxyl groups is 3. The number of rotatable bonds is 8. The third-order valence-electron chi connectivity index (χ3n) is 6.00. The fourth-order valence-corrected chi connectivity index (χ4v) is 4.17. The van der Waals surface area contributed by atoms with Gasteiger partial charge in [-0.05, 0) is 71.1 Å². The van der Waals surface area contributed by atoms with Crippen molar-refractivity contribution >= 4 is 11.7 Å². The van der Waals surface area contributed by atoms with E-state index in [2.05, 4.69) is 44.9 Å². The molecule has 1 unspecified atom stereocenters. The minimum Gasteiger partial charge on any atom is -0.510 e. The summed E-state index contributed by atoms with van der Waals surface area (Å²) in [6.45, 7) is 8.78. The first-order valence-corrected chi connectivity index (χ1v) is 11.6. The highest BCUT2D eigenvalue weighted by atomic mass is 16.3. The van der Waals surface area contributed by atoms with Crippen molar-refractivity contribution in [2.75, 3.05) is 6.54 Å². The van der Waals surface area contributed by atoms with Crippen LogP contribution in [0.4, 0.5) is 0 Å². The molecule has 3 rings (SSSR count). The third-order valence-corrected chi connectivity index (χ3v) is 6.00. The van der Waals surface area contributed by atoms with E-state index in [1.54, 1.807) is 23.2 Å². The number of hydrogen-bond donors (Lipinski definition) is 3. The SMILES string of the molecule is CC(C)=CCCC(C)=CCCC(C)=CCN1N=C(O)C2=CC(O)=CC(=O)C2=C2C=CC=C(O)C21. The van der Waals surface area contributed by atoms with Gasteiger partial charge in [-0.15, -0.1) is 5.10 Å². The maximum Gasteiger partial charge on any atom is 0.236 e. The van der Waals surface area contributed by atoms with E-state index in [9.17, 15) is 20.1 Å². The van der Waals surface area contributed by atoms with E-state index < -0.39 is 11.8 Å². The Morgan fingerprint density at radius 2 is 1.68 bits per heavy atom. The van der Waals surface area contributed by atoms with E-state index in [0.29, 0.717) is 12.1 Å². The lowest BCUT2D eigenvalue weighted by molar-refractivity contribution is -0.111. The van der Waals surface area contributed by atoms with Crippen molar-refractivity contribution in [3.8, 4) is 0 Å². The molecule has 0 radical (unpaired) electrons. The molecule has 6 heteroatoms. The molecule has 6 nitrogen and oxygen atoms in total. The van der Waals surface area contributed by atoms with Gasteiger partial charge < -0.3 is 15.3 Å². The van der Waals surface area contributed by atoms with Crippen LogP contribution in [0.2, 0.25) is 0 Å². The molecule has 180 valence electrons. The standard InChI is InChI=1S/C28H34N2O4/c1-18(2)8-5-9-19(3)10-6-11-20(4)14-15-30-27-22(12-7-13-24(27)32)26-23(28(34)29-30)16-21(31)17-25(26)33/h7-8,10,12-14,16-17,27,31-32H,5-6,9,11,15H2,1-4H3,(H,29,34). The summed E-state index contributed by atoms with van der Waals surface area (Å²) in [4.78, 5) is 12.7. The van der Waals surface area contributed by atoms with E-state index in [1.165, 1.54) is 22.8 Å². The van der Waals surface area contributed by atoms with Crippen LogP contribution in [0, 0.1) is 0 Å². The summed E-state index contributed by atoms with van der Waals surface area (Å²) < 4.78 is 0. The van der Waals surface area contributed by atoms with Crippen LogP contribution in [0.15, 0.2) is 98.7 Å². The van der Waals surface area contributed by atoms with Crippen LogP contribution in [-0.4, -0.2) is 44.6 Å². The summed E-state index contributed by atoms with van der Waals surface area (Å²) in [5.41, 5.74) is 4.82. The van der Waals surface area contributed by atoms with Crippen LogP contribution >= 0.6 is 0 Å². The molecule has 0 bridgehead atoms. The molecule has 3 aliphatic rings. The molecular formula is C28H34N2O4. The van der Waals surface area contributed by atoms with Crippen molar-refractivity contribution < 1.29 is 20.1 Å². The van der Waals surface area contributed by atoms with Crippen LogP contribution in [0.5, 0.6) is 0 Å². The summed E-state index contributed by atoms with van der Waals surface area (Å²) >= 11 is 0. The molecular weight excluding hydrogens is 428 g/mol. The monoisotopic (exact) mass is 462 g/mol. The maximum absolute atomic E-state index is 12.7. The molecule has 34 heavy (non-hydrogen) atoms. The molecule has 0 aromatic rings. The average Bonchev–Trinajstić information content (AvgIpc) is 2.87. The zero-order valence-electron chi connectivity index (χ0n) is 20.4. The molecule has 1 heterocycles. The smallest absolute Gasteiger partial charge is 0.236 e. The summed E-state index contributed by atoms with van der Waals surface area (Å²) in [5.74, 6) is -1.01. The highest BCUT2D eigenvalue weighted by Crippen LogP contribution is 2.35.